The Morgan fingerprint density at radius 2 is 1.82 bits per heavy atom. The molecular formula is C19H20N2O. The van der Waals surface area contributed by atoms with Crippen LogP contribution < -0.4 is 0 Å². The molecule has 0 aliphatic carbocycles. The van der Waals surface area contributed by atoms with E-state index in [1.807, 2.05) is 6.07 Å². The van der Waals surface area contributed by atoms with Crippen LogP contribution in [-0.2, 0) is 4.79 Å². The Morgan fingerprint density at radius 1 is 1.09 bits per heavy atom. The summed E-state index contributed by atoms with van der Waals surface area (Å²) in [4.78, 5) is 12.0. The van der Waals surface area contributed by atoms with E-state index in [4.69, 9.17) is 0 Å². The van der Waals surface area contributed by atoms with Crippen molar-refractivity contribution < 1.29 is 4.79 Å². The molecule has 0 aromatic heterocycles. The van der Waals surface area contributed by atoms with Gasteiger partial charge in [-0.05, 0) is 25.0 Å². The molecule has 112 valence electrons. The number of benzene rings is 2. The normalized spacial score (nSPS) is 17.5. The summed E-state index contributed by atoms with van der Waals surface area (Å²) in [5.41, 5.74) is 5.63. The summed E-state index contributed by atoms with van der Waals surface area (Å²) in [7, 11) is 0. The predicted octanol–water partition coefficient (Wildman–Crippen LogP) is 4.00. The lowest BCUT2D eigenvalue weighted by Crippen LogP contribution is -2.24. The maximum atomic E-state index is 12.0. The highest BCUT2D eigenvalue weighted by molar-refractivity contribution is 6.03. The first kappa shape index (κ1) is 14.5. The lowest BCUT2D eigenvalue weighted by molar-refractivity contribution is -0.130. The van der Waals surface area contributed by atoms with Crippen LogP contribution in [0.2, 0.25) is 0 Å². The molecule has 0 bridgehead atoms. The largest absolute Gasteiger partial charge is 0.273 e. The lowest BCUT2D eigenvalue weighted by Gasteiger charge is -2.20. The van der Waals surface area contributed by atoms with Crippen molar-refractivity contribution in [3.8, 4) is 0 Å². The monoisotopic (exact) mass is 292 g/mol. The van der Waals surface area contributed by atoms with Gasteiger partial charge in [-0.3, -0.25) is 4.79 Å². The van der Waals surface area contributed by atoms with Gasteiger partial charge in [0.15, 0.2) is 0 Å². The van der Waals surface area contributed by atoms with E-state index in [-0.39, 0.29) is 11.9 Å². The van der Waals surface area contributed by atoms with Gasteiger partial charge in [-0.25, -0.2) is 5.01 Å². The number of aryl methyl sites for hydroxylation is 2. The summed E-state index contributed by atoms with van der Waals surface area (Å²) in [6, 6.07) is 16.6. The fourth-order valence-electron chi connectivity index (χ4n) is 2.86. The van der Waals surface area contributed by atoms with Crippen LogP contribution in [0.15, 0.2) is 53.6 Å². The van der Waals surface area contributed by atoms with Gasteiger partial charge in [0, 0.05) is 13.3 Å². The van der Waals surface area contributed by atoms with E-state index in [9.17, 15) is 4.79 Å². The maximum absolute atomic E-state index is 12.0. The fourth-order valence-corrected chi connectivity index (χ4v) is 2.86. The summed E-state index contributed by atoms with van der Waals surface area (Å²) in [6.07, 6.45) is 0.756. The minimum Gasteiger partial charge on any atom is -0.273 e. The molecule has 1 aliphatic rings. The minimum atomic E-state index is -0.0198. The zero-order chi connectivity index (χ0) is 15.7. The SMILES string of the molecule is CC(=O)N1N=C(c2ccc(C)cc2)C[C@H]1c1cccc(C)c1. The van der Waals surface area contributed by atoms with Crippen molar-refractivity contribution in [2.45, 2.75) is 33.2 Å². The zero-order valence-electron chi connectivity index (χ0n) is 13.2. The van der Waals surface area contributed by atoms with Crippen molar-refractivity contribution in [3.05, 3.63) is 70.8 Å². The molecule has 1 amide bonds. The minimum absolute atomic E-state index is 0.00583. The molecule has 1 atom stereocenters. The van der Waals surface area contributed by atoms with E-state index < -0.39 is 0 Å². The van der Waals surface area contributed by atoms with Gasteiger partial charge in [0.1, 0.15) is 0 Å². The molecule has 0 radical (unpaired) electrons. The van der Waals surface area contributed by atoms with Crippen LogP contribution in [0.25, 0.3) is 0 Å². The third-order valence-corrected chi connectivity index (χ3v) is 4.04. The van der Waals surface area contributed by atoms with Crippen LogP contribution in [0, 0.1) is 13.8 Å². The fraction of sp³-hybridized carbons (Fsp3) is 0.263. The van der Waals surface area contributed by atoms with Crippen molar-refractivity contribution >= 4 is 11.6 Å². The molecule has 0 saturated carbocycles. The highest BCUT2D eigenvalue weighted by Crippen LogP contribution is 2.33. The molecule has 0 spiro atoms. The van der Waals surface area contributed by atoms with Crippen LogP contribution >= 0.6 is 0 Å². The van der Waals surface area contributed by atoms with Gasteiger partial charge in [-0.15, -0.1) is 0 Å². The van der Waals surface area contributed by atoms with Gasteiger partial charge in [0.2, 0.25) is 5.91 Å². The molecule has 1 aliphatic heterocycles. The van der Waals surface area contributed by atoms with Crippen molar-refractivity contribution in [1.82, 2.24) is 5.01 Å². The molecular weight excluding hydrogens is 272 g/mol. The summed E-state index contributed by atoms with van der Waals surface area (Å²) in [6.45, 7) is 5.71. The van der Waals surface area contributed by atoms with E-state index in [1.165, 1.54) is 11.1 Å². The second-order valence-corrected chi connectivity index (χ2v) is 5.91. The van der Waals surface area contributed by atoms with Gasteiger partial charge in [-0.2, -0.15) is 5.10 Å². The number of carbonyl (C=O) groups excluding carboxylic acids is 1. The highest BCUT2D eigenvalue weighted by Gasteiger charge is 2.31. The second kappa shape index (κ2) is 5.76. The Labute approximate surface area is 131 Å². The highest BCUT2D eigenvalue weighted by atomic mass is 16.2. The second-order valence-electron chi connectivity index (χ2n) is 5.91. The first-order valence-electron chi connectivity index (χ1n) is 7.55. The zero-order valence-corrected chi connectivity index (χ0v) is 13.2. The summed E-state index contributed by atoms with van der Waals surface area (Å²) < 4.78 is 0. The standard InChI is InChI=1S/C19H20N2O/c1-13-7-9-16(10-8-13)18-12-19(21(20-18)15(3)22)17-6-4-5-14(2)11-17/h4-11,19H,12H2,1-3H3/t19-/m0/s1. The molecule has 22 heavy (non-hydrogen) atoms. The molecule has 0 saturated heterocycles. The quantitative estimate of drug-likeness (QED) is 0.823. The van der Waals surface area contributed by atoms with E-state index in [2.05, 4.69) is 61.4 Å². The first-order chi connectivity index (χ1) is 10.5. The van der Waals surface area contributed by atoms with E-state index >= 15 is 0 Å². The van der Waals surface area contributed by atoms with Crippen LogP contribution in [0.4, 0.5) is 0 Å². The number of hydrogen-bond acceptors (Lipinski definition) is 2. The molecule has 2 aromatic carbocycles. The van der Waals surface area contributed by atoms with Gasteiger partial charge in [-0.1, -0.05) is 59.7 Å². The first-order valence-corrected chi connectivity index (χ1v) is 7.55. The third kappa shape index (κ3) is 2.80. The molecule has 0 unspecified atom stereocenters. The molecule has 3 heteroatoms. The number of carbonyl (C=O) groups is 1. The molecule has 3 rings (SSSR count). The van der Waals surface area contributed by atoms with Crippen LogP contribution in [0.5, 0.6) is 0 Å². The number of hydrogen-bond donors (Lipinski definition) is 0. The number of rotatable bonds is 2. The molecule has 2 aromatic rings. The molecule has 1 heterocycles. The predicted molar refractivity (Wildman–Crippen MR) is 88.8 cm³/mol. The van der Waals surface area contributed by atoms with Gasteiger partial charge >= 0.3 is 0 Å². The van der Waals surface area contributed by atoms with Gasteiger partial charge in [0.25, 0.3) is 0 Å². The summed E-state index contributed by atoms with van der Waals surface area (Å²) in [5, 5.41) is 6.19. The average Bonchev–Trinajstić information content (AvgIpc) is 2.93. The van der Waals surface area contributed by atoms with Crippen LogP contribution in [0.3, 0.4) is 0 Å². The van der Waals surface area contributed by atoms with Crippen LogP contribution in [0.1, 0.15) is 41.6 Å². The topological polar surface area (TPSA) is 32.7 Å². The number of nitrogens with zero attached hydrogens (tertiary/aromatic N) is 2. The van der Waals surface area contributed by atoms with E-state index in [0.717, 1.165) is 23.3 Å². The lowest BCUT2D eigenvalue weighted by atomic mass is 9.97. The Morgan fingerprint density at radius 3 is 2.45 bits per heavy atom. The van der Waals surface area contributed by atoms with E-state index in [0.29, 0.717) is 0 Å². The number of amides is 1. The summed E-state index contributed by atoms with van der Waals surface area (Å²) >= 11 is 0. The van der Waals surface area contributed by atoms with E-state index in [1.54, 1.807) is 11.9 Å². The molecule has 0 fully saturated rings. The number of hydrazone groups is 1. The Hall–Kier alpha value is -2.42. The molecule has 3 nitrogen and oxygen atoms in total. The van der Waals surface area contributed by atoms with Gasteiger partial charge in [0.05, 0.1) is 11.8 Å². The Kier molecular flexibility index (Phi) is 3.80. The third-order valence-electron chi connectivity index (χ3n) is 4.04. The smallest absolute Gasteiger partial charge is 0.240 e. The van der Waals surface area contributed by atoms with Crippen LogP contribution in [-0.4, -0.2) is 16.6 Å². The summed E-state index contributed by atoms with van der Waals surface area (Å²) in [5.74, 6) is -0.0198. The van der Waals surface area contributed by atoms with Gasteiger partial charge < -0.3 is 0 Å². The Bertz CT molecular complexity index is 731. The maximum Gasteiger partial charge on any atom is 0.240 e. The van der Waals surface area contributed by atoms with Crippen molar-refractivity contribution in [2.24, 2.45) is 5.10 Å². The van der Waals surface area contributed by atoms with Crippen molar-refractivity contribution in [3.63, 3.8) is 0 Å². The van der Waals surface area contributed by atoms with Crippen molar-refractivity contribution in [1.29, 1.82) is 0 Å². The van der Waals surface area contributed by atoms with Crippen molar-refractivity contribution in [2.75, 3.05) is 0 Å². The Balaban J connectivity index is 1.94. The molecule has 0 N–H and O–H groups in total. The average molecular weight is 292 g/mol.